The van der Waals surface area contributed by atoms with Gasteiger partial charge in [-0.3, -0.25) is 0 Å². The van der Waals surface area contributed by atoms with Crippen molar-refractivity contribution in [3.63, 3.8) is 0 Å². The van der Waals surface area contributed by atoms with Crippen LogP contribution >= 0.6 is 11.6 Å². The van der Waals surface area contributed by atoms with Crippen LogP contribution in [0.1, 0.15) is 12.0 Å². The number of nitrogens with zero attached hydrogens (tertiary/aromatic N) is 2. The highest BCUT2D eigenvalue weighted by Gasteiger charge is 2.16. The Balaban J connectivity index is 2.56. The lowest BCUT2D eigenvalue weighted by Crippen LogP contribution is -2.00. The molecule has 7 heteroatoms. The molecule has 0 aliphatic rings. The van der Waals surface area contributed by atoms with E-state index in [1.807, 2.05) is 0 Å². The first-order valence-corrected chi connectivity index (χ1v) is 4.92. The number of imidazole rings is 1. The molecule has 0 fully saturated rings. The molecule has 1 aromatic carbocycles. The molecule has 0 unspecified atom stereocenters. The van der Waals surface area contributed by atoms with Crippen LogP contribution in [0.25, 0.3) is 5.69 Å². The van der Waals surface area contributed by atoms with Crippen molar-refractivity contribution in [2.24, 2.45) is 0 Å². The summed E-state index contributed by atoms with van der Waals surface area (Å²) in [5.74, 6) is -1.77. The summed E-state index contributed by atoms with van der Waals surface area (Å²) in [6.07, 6.45) is 0.358. The van der Waals surface area contributed by atoms with E-state index in [1.54, 1.807) is 0 Å². The molecule has 4 nitrogen and oxygen atoms in total. The zero-order chi connectivity index (χ0) is 12.6. The molecule has 1 aromatic heterocycles. The van der Waals surface area contributed by atoms with E-state index in [-0.39, 0.29) is 10.7 Å². The van der Waals surface area contributed by atoms with E-state index in [0.29, 0.717) is 0 Å². The smallest absolute Gasteiger partial charge is 0.197 e. The highest BCUT2D eigenvalue weighted by molar-refractivity contribution is 6.30. The van der Waals surface area contributed by atoms with E-state index in [4.69, 9.17) is 21.8 Å². The molecule has 0 spiro atoms. The zero-order valence-electron chi connectivity index (χ0n) is 8.31. The molecule has 0 saturated carbocycles. The number of rotatable bonds is 2. The van der Waals surface area contributed by atoms with Gasteiger partial charge in [-0.2, -0.15) is 0 Å². The van der Waals surface area contributed by atoms with Gasteiger partial charge in [0.25, 0.3) is 0 Å². The highest BCUT2D eigenvalue weighted by atomic mass is 35.5. The molecule has 0 aliphatic carbocycles. The van der Waals surface area contributed by atoms with Gasteiger partial charge in [-0.15, -0.1) is 0 Å². The van der Waals surface area contributed by atoms with Gasteiger partial charge in [-0.25, -0.2) is 13.8 Å². The van der Waals surface area contributed by atoms with E-state index in [9.17, 15) is 8.78 Å². The fraction of sp³-hybridized carbons (Fsp3) is 0.100. The van der Waals surface area contributed by atoms with Crippen molar-refractivity contribution in [3.8, 4) is 5.69 Å². The summed E-state index contributed by atoms with van der Waals surface area (Å²) in [6.45, 7) is 0. The Kier molecular flexibility index (Phi) is 3.10. The van der Waals surface area contributed by atoms with Gasteiger partial charge in [0.2, 0.25) is 0 Å². The Morgan fingerprint density at radius 3 is 2.59 bits per heavy atom. The molecule has 0 aliphatic heterocycles. The lowest BCUT2D eigenvalue weighted by molar-refractivity contribution is -0.0455. The summed E-state index contributed by atoms with van der Waals surface area (Å²) in [5, 5.41) is 17.5. The Labute approximate surface area is 99.7 Å². The van der Waals surface area contributed by atoms with Gasteiger partial charge >= 0.3 is 0 Å². The van der Waals surface area contributed by atoms with Gasteiger partial charge in [0.05, 0.1) is 11.3 Å². The van der Waals surface area contributed by atoms with Gasteiger partial charge in [0, 0.05) is 6.20 Å². The summed E-state index contributed by atoms with van der Waals surface area (Å²) in [4.78, 5) is 3.59. The summed E-state index contributed by atoms with van der Waals surface area (Å²) in [7, 11) is 0. The van der Waals surface area contributed by atoms with Crippen LogP contribution in [0.15, 0.2) is 24.7 Å². The fourth-order valence-electron chi connectivity index (χ4n) is 1.35. The van der Waals surface area contributed by atoms with Crippen LogP contribution in [0.2, 0.25) is 5.02 Å². The maximum Gasteiger partial charge on any atom is 0.197 e. The maximum absolute atomic E-state index is 13.6. The third kappa shape index (κ3) is 2.14. The minimum absolute atomic E-state index is 0.122. The minimum Gasteiger partial charge on any atom is -0.363 e. The molecule has 90 valence electrons. The van der Waals surface area contributed by atoms with Gasteiger partial charge in [0.1, 0.15) is 17.2 Å². The first-order valence-electron chi connectivity index (χ1n) is 4.54. The number of aliphatic hydroxyl groups excluding tert-OH is 1. The van der Waals surface area contributed by atoms with E-state index in [0.717, 1.165) is 29.2 Å². The zero-order valence-corrected chi connectivity index (χ0v) is 9.07. The monoisotopic (exact) mass is 260 g/mol. The normalized spacial score (nSPS) is 11.2. The minimum atomic E-state index is -1.80. The second-order valence-electron chi connectivity index (χ2n) is 3.27. The number of hydrogen-bond donors (Lipinski definition) is 2. The van der Waals surface area contributed by atoms with Crippen molar-refractivity contribution in [2.75, 3.05) is 0 Å². The molecule has 17 heavy (non-hydrogen) atoms. The van der Waals surface area contributed by atoms with Crippen LogP contribution in [-0.4, -0.2) is 19.8 Å². The Morgan fingerprint density at radius 2 is 2.00 bits per heavy atom. The number of hydrogen-bond acceptors (Lipinski definition) is 3. The Morgan fingerprint density at radius 1 is 1.29 bits per heavy atom. The van der Waals surface area contributed by atoms with Gasteiger partial charge < -0.3 is 14.8 Å². The Bertz CT molecular complexity index is 557. The maximum atomic E-state index is 13.6. The molecule has 2 rings (SSSR count). The van der Waals surface area contributed by atoms with Crippen LogP contribution in [0.3, 0.4) is 0 Å². The largest absolute Gasteiger partial charge is 0.363 e. The van der Waals surface area contributed by atoms with Crippen LogP contribution in [0, 0.1) is 11.6 Å². The first kappa shape index (κ1) is 12.0. The molecule has 0 radical (unpaired) electrons. The van der Waals surface area contributed by atoms with Crippen molar-refractivity contribution in [2.45, 2.75) is 6.29 Å². The molecule has 0 saturated heterocycles. The van der Waals surface area contributed by atoms with Crippen LogP contribution in [-0.2, 0) is 0 Å². The average molecular weight is 261 g/mol. The van der Waals surface area contributed by atoms with Crippen LogP contribution < -0.4 is 0 Å². The molecule has 2 aromatic rings. The van der Waals surface area contributed by atoms with Gasteiger partial charge in [0.15, 0.2) is 12.1 Å². The van der Waals surface area contributed by atoms with Crippen molar-refractivity contribution in [1.29, 1.82) is 0 Å². The molecule has 0 amide bonds. The number of benzene rings is 1. The predicted molar refractivity (Wildman–Crippen MR) is 55.7 cm³/mol. The fourth-order valence-corrected chi connectivity index (χ4v) is 1.50. The SMILES string of the molecule is OC(O)c1cn(-c2c(F)ccc(Cl)c2F)cn1. The Hall–Kier alpha value is -1.50. The average Bonchev–Trinajstić information content (AvgIpc) is 2.73. The number of aromatic nitrogens is 2. The van der Waals surface area contributed by atoms with E-state index in [2.05, 4.69) is 4.98 Å². The van der Waals surface area contributed by atoms with Crippen molar-refractivity contribution in [3.05, 3.63) is 47.0 Å². The first-order chi connectivity index (χ1) is 8.00. The lowest BCUT2D eigenvalue weighted by atomic mass is 10.3. The summed E-state index contributed by atoms with van der Waals surface area (Å²) in [6, 6.07) is 2.10. The van der Waals surface area contributed by atoms with Gasteiger partial charge in [-0.05, 0) is 12.1 Å². The van der Waals surface area contributed by atoms with E-state index in [1.165, 1.54) is 0 Å². The number of halogens is 3. The molecule has 0 atom stereocenters. The lowest BCUT2D eigenvalue weighted by Gasteiger charge is -2.06. The summed E-state index contributed by atoms with van der Waals surface area (Å²) >= 11 is 5.53. The van der Waals surface area contributed by atoms with Crippen molar-refractivity contribution < 1.29 is 19.0 Å². The summed E-state index contributed by atoms with van der Waals surface area (Å²) in [5.41, 5.74) is -0.541. The van der Waals surface area contributed by atoms with E-state index < -0.39 is 23.6 Å². The molecular formula is C10H7ClF2N2O2. The quantitative estimate of drug-likeness (QED) is 0.639. The third-order valence-electron chi connectivity index (χ3n) is 2.15. The molecule has 1 heterocycles. The molecular weight excluding hydrogens is 254 g/mol. The second kappa shape index (κ2) is 4.40. The molecule has 2 N–H and O–H groups in total. The third-order valence-corrected chi connectivity index (χ3v) is 2.44. The van der Waals surface area contributed by atoms with Crippen molar-refractivity contribution >= 4 is 11.6 Å². The second-order valence-corrected chi connectivity index (χ2v) is 3.68. The topological polar surface area (TPSA) is 58.3 Å². The van der Waals surface area contributed by atoms with E-state index >= 15 is 0 Å². The summed E-state index contributed by atoms with van der Waals surface area (Å²) < 4.78 is 28.1. The van der Waals surface area contributed by atoms with Crippen LogP contribution in [0.4, 0.5) is 8.78 Å². The standard InChI is InChI=1S/C10H7ClF2N2O2/c11-5-1-2-6(12)9(8(5)13)15-3-7(10(16)17)14-4-15/h1-4,10,16-17H. The van der Waals surface area contributed by atoms with Crippen LogP contribution in [0.5, 0.6) is 0 Å². The van der Waals surface area contributed by atoms with Gasteiger partial charge in [-0.1, -0.05) is 11.6 Å². The number of aliphatic hydroxyl groups is 2. The predicted octanol–water partition coefficient (Wildman–Crippen LogP) is 1.79. The molecule has 0 bridgehead atoms. The van der Waals surface area contributed by atoms with Crippen molar-refractivity contribution in [1.82, 2.24) is 9.55 Å². The highest BCUT2D eigenvalue weighted by Crippen LogP contribution is 2.25.